The Kier molecular flexibility index (Phi) is 4.26. The van der Waals surface area contributed by atoms with Crippen LogP contribution in [-0.2, 0) is 11.8 Å². The van der Waals surface area contributed by atoms with E-state index in [1.807, 2.05) is 11.0 Å². The van der Waals surface area contributed by atoms with Crippen LogP contribution < -0.4 is 10.5 Å². The maximum atomic E-state index is 13.4. The smallest absolute Gasteiger partial charge is 0.282 e. The summed E-state index contributed by atoms with van der Waals surface area (Å²) in [4.78, 5) is 14.0. The minimum Gasteiger partial charge on any atom is -0.370 e. The summed E-state index contributed by atoms with van der Waals surface area (Å²) in [6, 6.07) is 6.40. The molecule has 1 unspecified atom stereocenters. The van der Waals surface area contributed by atoms with Crippen molar-refractivity contribution in [3.63, 3.8) is 0 Å². The zero-order valence-corrected chi connectivity index (χ0v) is 13.6. The third kappa shape index (κ3) is 2.91. The fourth-order valence-corrected chi connectivity index (χ4v) is 3.11. The van der Waals surface area contributed by atoms with E-state index in [0.29, 0.717) is 24.2 Å². The van der Waals surface area contributed by atoms with Crippen molar-refractivity contribution in [2.45, 2.75) is 6.10 Å². The minimum absolute atomic E-state index is 0.189. The Morgan fingerprint density at radius 1 is 1.45 bits per heavy atom. The zero-order valence-electron chi connectivity index (χ0n) is 12.0. The molecule has 0 bridgehead atoms. The van der Waals surface area contributed by atoms with Crippen molar-refractivity contribution in [2.75, 3.05) is 24.6 Å². The lowest BCUT2D eigenvalue weighted by Gasteiger charge is -2.34. The predicted octanol–water partition coefficient (Wildman–Crippen LogP) is 2.26. The highest BCUT2D eigenvalue weighted by Gasteiger charge is 2.24. The number of hydrogen-bond donors (Lipinski definition) is 0. The standard InChI is InChI=1S/C15H15BrFN3O2/c1-19-15(21)14(16)12(8-18-19)20-5-6-22-13(9-20)10-3-2-4-11(17)7-10/h2-4,7-8,13H,5-6,9H2,1H3. The van der Waals surface area contributed by atoms with E-state index in [1.165, 1.54) is 16.8 Å². The summed E-state index contributed by atoms with van der Waals surface area (Å²) in [5.74, 6) is -0.283. The van der Waals surface area contributed by atoms with Crippen LogP contribution in [0.5, 0.6) is 0 Å². The van der Waals surface area contributed by atoms with Gasteiger partial charge in [-0.05, 0) is 33.6 Å². The first kappa shape index (κ1) is 15.2. The molecular formula is C15H15BrFN3O2. The first-order valence-corrected chi connectivity index (χ1v) is 7.69. The van der Waals surface area contributed by atoms with Gasteiger partial charge in [-0.2, -0.15) is 5.10 Å². The van der Waals surface area contributed by atoms with E-state index in [1.54, 1.807) is 19.3 Å². The Bertz CT molecular complexity index is 750. The summed E-state index contributed by atoms with van der Waals surface area (Å²) >= 11 is 3.34. The molecule has 0 radical (unpaired) electrons. The van der Waals surface area contributed by atoms with Crippen LogP contribution in [0.25, 0.3) is 0 Å². The summed E-state index contributed by atoms with van der Waals surface area (Å²) in [5.41, 5.74) is 1.33. The summed E-state index contributed by atoms with van der Waals surface area (Å²) in [7, 11) is 1.60. The summed E-state index contributed by atoms with van der Waals surface area (Å²) in [6.45, 7) is 1.69. The van der Waals surface area contributed by atoms with Crippen molar-refractivity contribution in [3.05, 3.63) is 56.7 Å². The van der Waals surface area contributed by atoms with Gasteiger partial charge < -0.3 is 9.64 Å². The van der Waals surface area contributed by atoms with Gasteiger partial charge in [0, 0.05) is 20.1 Å². The molecule has 1 aromatic heterocycles. The van der Waals surface area contributed by atoms with Gasteiger partial charge in [0.2, 0.25) is 0 Å². The molecule has 0 saturated carbocycles. The fraction of sp³-hybridized carbons (Fsp3) is 0.333. The highest BCUT2D eigenvalue weighted by Crippen LogP contribution is 2.29. The lowest BCUT2D eigenvalue weighted by atomic mass is 10.1. The van der Waals surface area contributed by atoms with E-state index in [2.05, 4.69) is 21.0 Å². The molecule has 1 aliphatic heterocycles. The van der Waals surface area contributed by atoms with Gasteiger partial charge in [-0.15, -0.1) is 0 Å². The van der Waals surface area contributed by atoms with Crippen LogP contribution in [0.2, 0.25) is 0 Å². The van der Waals surface area contributed by atoms with E-state index in [4.69, 9.17) is 4.74 Å². The number of nitrogens with zero attached hydrogens (tertiary/aromatic N) is 3. The second-order valence-corrected chi connectivity index (χ2v) is 5.93. The molecule has 116 valence electrons. The van der Waals surface area contributed by atoms with Crippen molar-refractivity contribution < 1.29 is 9.13 Å². The van der Waals surface area contributed by atoms with Crippen molar-refractivity contribution in [3.8, 4) is 0 Å². The highest BCUT2D eigenvalue weighted by molar-refractivity contribution is 9.10. The third-order valence-corrected chi connectivity index (χ3v) is 4.43. The summed E-state index contributed by atoms with van der Waals surface area (Å²) in [6.07, 6.45) is 1.42. The van der Waals surface area contributed by atoms with Gasteiger partial charge in [0.1, 0.15) is 16.4 Å². The zero-order chi connectivity index (χ0) is 15.7. The number of aromatic nitrogens is 2. The summed E-state index contributed by atoms with van der Waals surface area (Å²) in [5, 5.41) is 4.06. The molecule has 22 heavy (non-hydrogen) atoms. The van der Waals surface area contributed by atoms with Crippen LogP contribution in [0.1, 0.15) is 11.7 Å². The Labute approximate surface area is 135 Å². The molecule has 5 nitrogen and oxygen atoms in total. The molecule has 1 atom stereocenters. The molecule has 3 rings (SSSR count). The lowest BCUT2D eigenvalue weighted by Crippen LogP contribution is -2.39. The number of morpholine rings is 1. The second-order valence-electron chi connectivity index (χ2n) is 5.13. The molecule has 2 aromatic rings. The lowest BCUT2D eigenvalue weighted by molar-refractivity contribution is 0.0395. The molecule has 0 N–H and O–H groups in total. The number of anilines is 1. The van der Waals surface area contributed by atoms with Crippen LogP contribution in [0.15, 0.2) is 39.7 Å². The maximum Gasteiger partial charge on any atom is 0.282 e. The van der Waals surface area contributed by atoms with E-state index in [9.17, 15) is 9.18 Å². The molecule has 1 aromatic carbocycles. The molecule has 0 amide bonds. The van der Waals surface area contributed by atoms with Gasteiger partial charge >= 0.3 is 0 Å². The highest BCUT2D eigenvalue weighted by atomic mass is 79.9. The first-order chi connectivity index (χ1) is 10.6. The Balaban J connectivity index is 1.88. The number of ether oxygens (including phenoxy) is 1. The predicted molar refractivity (Wildman–Crippen MR) is 84.5 cm³/mol. The second kappa shape index (κ2) is 6.18. The molecule has 1 saturated heterocycles. The maximum absolute atomic E-state index is 13.4. The quantitative estimate of drug-likeness (QED) is 0.816. The van der Waals surface area contributed by atoms with Gasteiger partial charge in [0.15, 0.2) is 0 Å². The van der Waals surface area contributed by atoms with E-state index in [0.717, 1.165) is 11.3 Å². The number of benzene rings is 1. The van der Waals surface area contributed by atoms with E-state index < -0.39 is 0 Å². The average Bonchev–Trinajstić information content (AvgIpc) is 2.53. The monoisotopic (exact) mass is 367 g/mol. The van der Waals surface area contributed by atoms with Crippen LogP contribution in [0.3, 0.4) is 0 Å². The Hall–Kier alpha value is -1.73. The van der Waals surface area contributed by atoms with Crippen LogP contribution in [0.4, 0.5) is 10.1 Å². The van der Waals surface area contributed by atoms with Crippen molar-refractivity contribution in [1.82, 2.24) is 9.78 Å². The van der Waals surface area contributed by atoms with E-state index in [-0.39, 0.29) is 17.5 Å². The van der Waals surface area contributed by atoms with Crippen molar-refractivity contribution >= 4 is 21.6 Å². The summed E-state index contributed by atoms with van der Waals surface area (Å²) < 4.78 is 20.9. The molecule has 2 heterocycles. The molecule has 1 fully saturated rings. The molecule has 7 heteroatoms. The molecular weight excluding hydrogens is 353 g/mol. The fourth-order valence-electron chi connectivity index (χ4n) is 2.50. The number of aryl methyl sites for hydroxylation is 1. The van der Waals surface area contributed by atoms with Crippen molar-refractivity contribution in [2.24, 2.45) is 7.05 Å². The van der Waals surface area contributed by atoms with Crippen LogP contribution in [0, 0.1) is 5.82 Å². The Morgan fingerprint density at radius 2 is 2.27 bits per heavy atom. The number of hydrogen-bond acceptors (Lipinski definition) is 4. The SMILES string of the molecule is Cn1ncc(N2CCOC(c3cccc(F)c3)C2)c(Br)c1=O. The third-order valence-electron chi connectivity index (χ3n) is 3.69. The topological polar surface area (TPSA) is 47.4 Å². The normalized spacial score (nSPS) is 18.5. The largest absolute Gasteiger partial charge is 0.370 e. The first-order valence-electron chi connectivity index (χ1n) is 6.90. The van der Waals surface area contributed by atoms with Crippen molar-refractivity contribution in [1.29, 1.82) is 0 Å². The average molecular weight is 368 g/mol. The van der Waals surface area contributed by atoms with Gasteiger partial charge in [-0.3, -0.25) is 4.79 Å². The van der Waals surface area contributed by atoms with Gasteiger partial charge in [-0.25, -0.2) is 9.07 Å². The molecule has 1 aliphatic rings. The molecule has 0 spiro atoms. The number of rotatable bonds is 2. The van der Waals surface area contributed by atoms with E-state index >= 15 is 0 Å². The molecule has 0 aliphatic carbocycles. The number of halogens is 2. The Morgan fingerprint density at radius 3 is 3.05 bits per heavy atom. The van der Waals surface area contributed by atoms with Gasteiger partial charge in [0.25, 0.3) is 5.56 Å². The minimum atomic E-state index is -0.283. The van der Waals surface area contributed by atoms with Gasteiger partial charge in [-0.1, -0.05) is 12.1 Å². The van der Waals surface area contributed by atoms with Crippen LogP contribution >= 0.6 is 15.9 Å². The van der Waals surface area contributed by atoms with Gasteiger partial charge in [0.05, 0.1) is 18.5 Å². The van der Waals surface area contributed by atoms with Crippen LogP contribution in [-0.4, -0.2) is 29.5 Å².